The van der Waals surface area contributed by atoms with Crippen LogP contribution in [0.5, 0.6) is 5.75 Å². The van der Waals surface area contributed by atoms with E-state index in [0.29, 0.717) is 5.75 Å². The highest BCUT2D eigenvalue weighted by Crippen LogP contribution is 2.22. The molecule has 0 bridgehead atoms. The van der Waals surface area contributed by atoms with Gasteiger partial charge in [-0.15, -0.1) is 0 Å². The predicted molar refractivity (Wildman–Crippen MR) is 110 cm³/mol. The number of carbonyl (C=O) groups is 1. The van der Waals surface area contributed by atoms with Gasteiger partial charge in [0.1, 0.15) is 5.75 Å². The second-order valence-corrected chi connectivity index (χ2v) is 8.86. The van der Waals surface area contributed by atoms with Gasteiger partial charge >= 0.3 is 0 Å². The monoisotopic (exact) mass is 397 g/mol. The lowest BCUT2D eigenvalue weighted by Crippen LogP contribution is -2.37. The highest BCUT2D eigenvalue weighted by Gasteiger charge is 2.18. The molecule has 28 heavy (non-hydrogen) atoms. The number of rotatable bonds is 6. The van der Waals surface area contributed by atoms with Crippen molar-refractivity contribution in [2.75, 3.05) is 6.26 Å². The Hall–Kier alpha value is -2.86. The first kappa shape index (κ1) is 19.9. The van der Waals surface area contributed by atoms with E-state index in [-0.39, 0.29) is 16.8 Å². The average molecular weight is 397 g/mol. The fourth-order valence-electron chi connectivity index (χ4n) is 2.92. The molecule has 0 fully saturated rings. The fraction of sp³-hybridized carbons (Fsp3) is 0.227. The second-order valence-electron chi connectivity index (χ2n) is 6.84. The zero-order valence-corrected chi connectivity index (χ0v) is 16.9. The fourth-order valence-corrected chi connectivity index (χ4v) is 3.55. The molecule has 3 aromatic rings. The van der Waals surface area contributed by atoms with Crippen molar-refractivity contribution >= 4 is 26.5 Å². The van der Waals surface area contributed by atoms with Crippen molar-refractivity contribution in [3.05, 3.63) is 72.3 Å². The highest BCUT2D eigenvalue weighted by molar-refractivity contribution is 7.90. The summed E-state index contributed by atoms with van der Waals surface area (Å²) in [6.07, 6.45) is 0.498. The SMILES string of the molecule is C[C@@H](Oc1ccc2ccccc2c1)C(=O)N[C@H](C)c1ccc(S(C)(=O)=O)cc1. The Morgan fingerprint density at radius 1 is 0.929 bits per heavy atom. The van der Waals surface area contributed by atoms with E-state index in [1.54, 1.807) is 31.2 Å². The first-order valence-corrected chi connectivity index (χ1v) is 10.9. The lowest BCUT2D eigenvalue weighted by Gasteiger charge is -2.19. The molecule has 0 spiro atoms. The number of carbonyl (C=O) groups excluding carboxylic acids is 1. The maximum Gasteiger partial charge on any atom is 0.261 e. The van der Waals surface area contributed by atoms with E-state index in [1.807, 2.05) is 49.4 Å². The summed E-state index contributed by atoms with van der Waals surface area (Å²) in [5.74, 6) is 0.388. The number of nitrogens with one attached hydrogen (secondary N) is 1. The van der Waals surface area contributed by atoms with E-state index >= 15 is 0 Å². The summed E-state index contributed by atoms with van der Waals surface area (Å²) in [4.78, 5) is 12.7. The zero-order valence-electron chi connectivity index (χ0n) is 16.0. The third kappa shape index (κ3) is 4.70. The first-order valence-electron chi connectivity index (χ1n) is 9.00. The molecule has 5 nitrogen and oxygen atoms in total. The largest absolute Gasteiger partial charge is 0.481 e. The molecule has 0 unspecified atom stereocenters. The quantitative estimate of drug-likeness (QED) is 0.685. The maximum atomic E-state index is 12.5. The minimum absolute atomic E-state index is 0.243. The second kappa shape index (κ2) is 8.02. The van der Waals surface area contributed by atoms with Crippen LogP contribution in [-0.4, -0.2) is 26.7 Å². The number of hydrogen-bond donors (Lipinski definition) is 1. The van der Waals surface area contributed by atoms with Crippen molar-refractivity contribution in [2.45, 2.75) is 30.9 Å². The van der Waals surface area contributed by atoms with E-state index < -0.39 is 15.9 Å². The van der Waals surface area contributed by atoms with Gasteiger partial charge in [0.05, 0.1) is 10.9 Å². The van der Waals surface area contributed by atoms with Crippen molar-refractivity contribution in [3.8, 4) is 5.75 Å². The Labute approximate surface area is 165 Å². The summed E-state index contributed by atoms with van der Waals surface area (Å²) in [7, 11) is -3.24. The maximum absolute atomic E-state index is 12.5. The molecule has 1 N–H and O–H groups in total. The number of amides is 1. The van der Waals surface area contributed by atoms with Crippen LogP contribution < -0.4 is 10.1 Å². The van der Waals surface area contributed by atoms with Gasteiger partial charge in [0.2, 0.25) is 0 Å². The van der Waals surface area contributed by atoms with Crippen LogP contribution in [0.15, 0.2) is 71.6 Å². The van der Waals surface area contributed by atoms with Crippen molar-refractivity contribution in [1.29, 1.82) is 0 Å². The van der Waals surface area contributed by atoms with Crippen LogP contribution in [-0.2, 0) is 14.6 Å². The molecule has 0 saturated heterocycles. The first-order chi connectivity index (χ1) is 13.2. The Kier molecular flexibility index (Phi) is 5.70. The Balaban J connectivity index is 1.64. The minimum Gasteiger partial charge on any atom is -0.481 e. The molecule has 3 rings (SSSR count). The summed E-state index contributed by atoms with van der Waals surface area (Å²) in [6.45, 7) is 3.54. The van der Waals surface area contributed by atoms with Gasteiger partial charge in [-0.25, -0.2) is 8.42 Å². The van der Waals surface area contributed by atoms with Gasteiger partial charge in [0, 0.05) is 6.26 Å². The number of benzene rings is 3. The molecule has 0 aliphatic carbocycles. The summed E-state index contributed by atoms with van der Waals surface area (Å²) >= 11 is 0. The van der Waals surface area contributed by atoms with Gasteiger partial charge in [-0.05, 0) is 54.4 Å². The standard InChI is InChI=1S/C22H23NO4S/c1-15(17-9-12-21(13-10-17)28(3,25)26)23-22(24)16(2)27-20-11-8-18-6-4-5-7-19(18)14-20/h4-16H,1-3H3,(H,23,24)/t15-,16-/m1/s1. The van der Waals surface area contributed by atoms with Gasteiger partial charge in [0.15, 0.2) is 15.9 Å². The predicted octanol–water partition coefficient (Wildman–Crippen LogP) is 3.89. The van der Waals surface area contributed by atoms with Crippen molar-refractivity contribution in [2.24, 2.45) is 0 Å². The lowest BCUT2D eigenvalue weighted by molar-refractivity contribution is -0.127. The van der Waals surface area contributed by atoms with E-state index in [1.165, 1.54) is 6.26 Å². The summed E-state index contributed by atoms with van der Waals surface area (Å²) in [5.41, 5.74) is 0.818. The van der Waals surface area contributed by atoms with Crippen molar-refractivity contribution < 1.29 is 17.9 Å². The molecule has 6 heteroatoms. The zero-order chi connectivity index (χ0) is 20.3. The van der Waals surface area contributed by atoms with Gasteiger partial charge < -0.3 is 10.1 Å². The lowest BCUT2D eigenvalue weighted by atomic mass is 10.1. The van der Waals surface area contributed by atoms with Gasteiger partial charge in [0.25, 0.3) is 5.91 Å². The highest BCUT2D eigenvalue weighted by atomic mass is 32.2. The number of fused-ring (bicyclic) bond motifs is 1. The summed E-state index contributed by atoms with van der Waals surface area (Å²) in [5, 5.41) is 5.06. The molecule has 3 aromatic carbocycles. The Morgan fingerprint density at radius 3 is 2.21 bits per heavy atom. The molecule has 0 aromatic heterocycles. The minimum atomic E-state index is -3.24. The molecular formula is C22H23NO4S. The number of ether oxygens (including phenoxy) is 1. The van der Waals surface area contributed by atoms with Crippen LogP contribution in [0.2, 0.25) is 0 Å². The van der Waals surface area contributed by atoms with Crippen LogP contribution in [0.4, 0.5) is 0 Å². The molecule has 0 radical (unpaired) electrons. The van der Waals surface area contributed by atoms with Gasteiger partial charge in [-0.3, -0.25) is 4.79 Å². The summed E-state index contributed by atoms with van der Waals surface area (Å²) in [6, 6.07) is 19.9. The molecular weight excluding hydrogens is 374 g/mol. The van der Waals surface area contributed by atoms with Gasteiger partial charge in [-0.1, -0.05) is 42.5 Å². The van der Waals surface area contributed by atoms with Crippen molar-refractivity contribution in [3.63, 3.8) is 0 Å². The molecule has 2 atom stereocenters. The molecule has 1 amide bonds. The van der Waals surface area contributed by atoms with E-state index in [4.69, 9.17) is 4.74 Å². The normalized spacial score (nSPS) is 13.7. The molecule has 0 saturated carbocycles. The molecule has 0 aliphatic heterocycles. The average Bonchev–Trinajstić information content (AvgIpc) is 2.67. The summed E-state index contributed by atoms with van der Waals surface area (Å²) < 4.78 is 28.9. The number of sulfone groups is 1. The van der Waals surface area contributed by atoms with Crippen LogP contribution in [0.1, 0.15) is 25.5 Å². The van der Waals surface area contributed by atoms with Crippen LogP contribution in [0.3, 0.4) is 0 Å². The molecule has 0 aliphatic rings. The van der Waals surface area contributed by atoms with Crippen LogP contribution in [0, 0.1) is 0 Å². The van der Waals surface area contributed by atoms with Gasteiger partial charge in [-0.2, -0.15) is 0 Å². The van der Waals surface area contributed by atoms with Crippen molar-refractivity contribution in [1.82, 2.24) is 5.32 Å². The Morgan fingerprint density at radius 2 is 1.57 bits per heavy atom. The van der Waals surface area contributed by atoms with E-state index in [0.717, 1.165) is 16.3 Å². The van der Waals surface area contributed by atoms with E-state index in [9.17, 15) is 13.2 Å². The van der Waals surface area contributed by atoms with E-state index in [2.05, 4.69) is 5.32 Å². The van der Waals surface area contributed by atoms with Crippen LogP contribution in [0.25, 0.3) is 10.8 Å². The molecule has 0 heterocycles. The molecule has 146 valence electrons. The van der Waals surface area contributed by atoms with Crippen LogP contribution >= 0.6 is 0 Å². The Bertz CT molecular complexity index is 1090. The number of hydrogen-bond acceptors (Lipinski definition) is 4. The topological polar surface area (TPSA) is 72.5 Å². The third-order valence-electron chi connectivity index (χ3n) is 4.57. The smallest absolute Gasteiger partial charge is 0.261 e. The third-order valence-corrected chi connectivity index (χ3v) is 5.70.